The molecule has 1 aromatic rings. The van der Waals surface area contributed by atoms with Crippen LogP contribution in [0.4, 0.5) is 0 Å². The summed E-state index contributed by atoms with van der Waals surface area (Å²) in [7, 11) is 0. The molecule has 0 aliphatic heterocycles. The summed E-state index contributed by atoms with van der Waals surface area (Å²) in [6.07, 6.45) is 0.700. The second kappa shape index (κ2) is 3.51. The SMILES string of the molecule is CCc1nc(C)nc(Cl)c1C#N. The van der Waals surface area contributed by atoms with E-state index >= 15 is 0 Å². The van der Waals surface area contributed by atoms with Gasteiger partial charge >= 0.3 is 0 Å². The molecular formula is C8H8ClN3. The van der Waals surface area contributed by atoms with Gasteiger partial charge in [0.15, 0.2) is 5.15 Å². The Bertz CT molecular complexity index is 341. The number of hydrogen-bond donors (Lipinski definition) is 0. The lowest BCUT2D eigenvalue weighted by molar-refractivity contribution is 0.940. The van der Waals surface area contributed by atoms with Gasteiger partial charge in [-0.2, -0.15) is 5.26 Å². The van der Waals surface area contributed by atoms with E-state index in [2.05, 4.69) is 9.97 Å². The summed E-state index contributed by atoms with van der Waals surface area (Å²) in [5.41, 5.74) is 1.11. The first-order valence-corrected chi connectivity index (χ1v) is 4.00. The molecule has 0 N–H and O–H groups in total. The van der Waals surface area contributed by atoms with E-state index in [0.717, 1.165) is 5.69 Å². The molecule has 0 aliphatic rings. The van der Waals surface area contributed by atoms with Crippen molar-refractivity contribution in [2.45, 2.75) is 20.3 Å². The molecule has 3 nitrogen and oxygen atoms in total. The molecule has 0 saturated carbocycles. The van der Waals surface area contributed by atoms with Crippen molar-refractivity contribution in [3.05, 3.63) is 22.2 Å². The fourth-order valence-electron chi connectivity index (χ4n) is 0.960. The van der Waals surface area contributed by atoms with E-state index in [1.165, 1.54) is 0 Å². The number of nitriles is 1. The maximum atomic E-state index is 8.71. The summed E-state index contributed by atoms with van der Waals surface area (Å²) in [6.45, 7) is 3.69. The minimum absolute atomic E-state index is 0.252. The molecule has 0 atom stereocenters. The Morgan fingerprint density at radius 3 is 2.67 bits per heavy atom. The molecule has 0 aromatic carbocycles. The number of hydrogen-bond acceptors (Lipinski definition) is 3. The Morgan fingerprint density at radius 2 is 2.17 bits per heavy atom. The van der Waals surface area contributed by atoms with E-state index in [1.54, 1.807) is 6.92 Å². The van der Waals surface area contributed by atoms with Crippen LogP contribution in [0.1, 0.15) is 24.0 Å². The van der Waals surface area contributed by atoms with E-state index in [9.17, 15) is 0 Å². The van der Waals surface area contributed by atoms with E-state index in [-0.39, 0.29) is 5.15 Å². The van der Waals surface area contributed by atoms with Crippen molar-refractivity contribution < 1.29 is 0 Å². The van der Waals surface area contributed by atoms with Gasteiger partial charge in [-0.25, -0.2) is 9.97 Å². The zero-order chi connectivity index (χ0) is 9.14. The Balaban J connectivity index is 3.36. The van der Waals surface area contributed by atoms with Crippen LogP contribution in [0, 0.1) is 18.3 Å². The molecule has 0 fully saturated rings. The fraction of sp³-hybridized carbons (Fsp3) is 0.375. The van der Waals surface area contributed by atoms with Gasteiger partial charge in [0.1, 0.15) is 17.5 Å². The summed E-state index contributed by atoms with van der Waals surface area (Å²) in [5.74, 6) is 0.607. The quantitative estimate of drug-likeness (QED) is 0.622. The minimum atomic E-state index is 0.252. The molecule has 62 valence electrons. The zero-order valence-electron chi connectivity index (χ0n) is 6.93. The molecule has 4 heteroatoms. The van der Waals surface area contributed by atoms with Crippen molar-refractivity contribution >= 4 is 11.6 Å². The van der Waals surface area contributed by atoms with Gasteiger partial charge in [0.25, 0.3) is 0 Å². The van der Waals surface area contributed by atoms with Crippen LogP contribution in [-0.2, 0) is 6.42 Å². The molecule has 0 radical (unpaired) electrons. The van der Waals surface area contributed by atoms with Crippen molar-refractivity contribution in [1.82, 2.24) is 9.97 Å². The van der Waals surface area contributed by atoms with Crippen LogP contribution < -0.4 is 0 Å². The first-order chi connectivity index (χ1) is 5.69. The Labute approximate surface area is 76.0 Å². The monoisotopic (exact) mass is 181 g/mol. The molecule has 1 rings (SSSR count). The molecule has 1 aromatic heterocycles. The topological polar surface area (TPSA) is 49.6 Å². The van der Waals surface area contributed by atoms with E-state index in [4.69, 9.17) is 16.9 Å². The van der Waals surface area contributed by atoms with Crippen LogP contribution in [0.25, 0.3) is 0 Å². The van der Waals surface area contributed by atoms with Gasteiger partial charge in [-0.15, -0.1) is 0 Å². The third-order valence-electron chi connectivity index (χ3n) is 1.50. The van der Waals surface area contributed by atoms with E-state index in [0.29, 0.717) is 17.8 Å². The van der Waals surface area contributed by atoms with Crippen LogP contribution in [0.15, 0.2) is 0 Å². The van der Waals surface area contributed by atoms with Gasteiger partial charge in [-0.05, 0) is 13.3 Å². The van der Waals surface area contributed by atoms with Gasteiger partial charge in [0.2, 0.25) is 0 Å². The van der Waals surface area contributed by atoms with Crippen molar-refractivity contribution in [3.8, 4) is 6.07 Å². The summed E-state index contributed by atoms with van der Waals surface area (Å²) in [6, 6.07) is 1.99. The highest BCUT2D eigenvalue weighted by molar-refractivity contribution is 6.30. The van der Waals surface area contributed by atoms with E-state index < -0.39 is 0 Å². The van der Waals surface area contributed by atoms with Crippen LogP contribution in [0.2, 0.25) is 5.15 Å². The third-order valence-corrected chi connectivity index (χ3v) is 1.77. The van der Waals surface area contributed by atoms with Crippen molar-refractivity contribution in [2.24, 2.45) is 0 Å². The number of nitrogens with zero attached hydrogens (tertiary/aromatic N) is 3. The van der Waals surface area contributed by atoms with Crippen LogP contribution in [-0.4, -0.2) is 9.97 Å². The lowest BCUT2D eigenvalue weighted by Crippen LogP contribution is -1.99. The number of aryl methyl sites for hydroxylation is 2. The normalized spacial score (nSPS) is 9.50. The molecule has 12 heavy (non-hydrogen) atoms. The second-order valence-corrected chi connectivity index (χ2v) is 2.71. The second-order valence-electron chi connectivity index (χ2n) is 2.35. The van der Waals surface area contributed by atoms with Gasteiger partial charge in [-0.1, -0.05) is 18.5 Å². The number of rotatable bonds is 1. The Kier molecular flexibility index (Phi) is 2.61. The first kappa shape index (κ1) is 8.95. The van der Waals surface area contributed by atoms with Crippen LogP contribution in [0.3, 0.4) is 0 Å². The number of aromatic nitrogens is 2. The van der Waals surface area contributed by atoms with Gasteiger partial charge in [0, 0.05) is 0 Å². The maximum absolute atomic E-state index is 8.71. The van der Waals surface area contributed by atoms with Gasteiger partial charge in [-0.3, -0.25) is 0 Å². The van der Waals surface area contributed by atoms with Crippen LogP contribution in [0.5, 0.6) is 0 Å². The van der Waals surface area contributed by atoms with Crippen LogP contribution >= 0.6 is 11.6 Å². The van der Waals surface area contributed by atoms with Crippen molar-refractivity contribution in [1.29, 1.82) is 5.26 Å². The lowest BCUT2D eigenvalue weighted by atomic mass is 10.2. The lowest BCUT2D eigenvalue weighted by Gasteiger charge is -2.01. The number of halogens is 1. The molecule has 0 spiro atoms. The fourth-order valence-corrected chi connectivity index (χ4v) is 1.23. The van der Waals surface area contributed by atoms with Gasteiger partial charge < -0.3 is 0 Å². The molecular weight excluding hydrogens is 174 g/mol. The average Bonchev–Trinajstić information content (AvgIpc) is 2.03. The van der Waals surface area contributed by atoms with Crippen molar-refractivity contribution in [3.63, 3.8) is 0 Å². The van der Waals surface area contributed by atoms with Crippen molar-refractivity contribution in [2.75, 3.05) is 0 Å². The highest BCUT2D eigenvalue weighted by Gasteiger charge is 2.08. The zero-order valence-corrected chi connectivity index (χ0v) is 7.68. The third kappa shape index (κ3) is 1.54. The highest BCUT2D eigenvalue weighted by atomic mass is 35.5. The molecule has 0 unspecified atom stereocenters. The first-order valence-electron chi connectivity index (χ1n) is 3.62. The Hall–Kier alpha value is -1.14. The highest BCUT2D eigenvalue weighted by Crippen LogP contribution is 2.15. The summed E-state index contributed by atoms with van der Waals surface area (Å²) in [5, 5.41) is 8.96. The van der Waals surface area contributed by atoms with Gasteiger partial charge in [0.05, 0.1) is 5.69 Å². The molecule has 1 heterocycles. The molecule has 0 amide bonds. The largest absolute Gasteiger partial charge is 0.237 e. The average molecular weight is 182 g/mol. The molecule has 0 saturated heterocycles. The minimum Gasteiger partial charge on any atom is -0.237 e. The summed E-state index contributed by atoms with van der Waals surface area (Å²) < 4.78 is 0. The Morgan fingerprint density at radius 1 is 1.50 bits per heavy atom. The molecule has 0 aliphatic carbocycles. The predicted octanol–water partition coefficient (Wildman–Crippen LogP) is 1.87. The summed E-state index contributed by atoms with van der Waals surface area (Å²) in [4.78, 5) is 7.99. The maximum Gasteiger partial charge on any atom is 0.150 e. The summed E-state index contributed by atoms with van der Waals surface area (Å²) >= 11 is 5.74. The standard InChI is InChI=1S/C8H8ClN3/c1-3-7-6(4-10)8(9)12-5(2)11-7/h3H2,1-2H3. The molecule has 0 bridgehead atoms. The van der Waals surface area contributed by atoms with E-state index in [1.807, 2.05) is 13.0 Å². The predicted molar refractivity (Wildman–Crippen MR) is 45.9 cm³/mol. The smallest absolute Gasteiger partial charge is 0.150 e.